The number of halogens is 4. The molecular weight excluding hydrogens is 474 g/mol. The third-order valence-electron chi connectivity index (χ3n) is 4.00. The molecule has 0 fully saturated rings. The summed E-state index contributed by atoms with van der Waals surface area (Å²) in [7, 11) is 0. The Labute approximate surface area is 189 Å². The molecule has 152 valence electrons. The fourth-order valence-electron chi connectivity index (χ4n) is 2.64. The predicted octanol–water partition coefficient (Wildman–Crippen LogP) is 6.48. The third-order valence-corrected chi connectivity index (χ3v) is 4.96. The van der Waals surface area contributed by atoms with Crippen molar-refractivity contribution >= 4 is 79.9 Å². The molecule has 0 aliphatic heterocycles. The van der Waals surface area contributed by atoms with Crippen LogP contribution in [-0.4, -0.2) is 32.1 Å². The summed E-state index contributed by atoms with van der Waals surface area (Å²) in [5, 5.41) is 21.3. The van der Waals surface area contributed by atoms with E-state index in [1.807, 2.05) is 0 Å². The largest absolute Gasteiger partial charge is 0.478 e. The average Bonchev–Trinajstić information content (AvgIpc) is 2.67. The number of aromatic carboxylic acids is 2. The summed E-state index contributed by atoms with van der Waals surface area (Å²) >= 11 is 23.1. The van der Waals surface area contributed by atoms with E-state index in [0.717, 1.165) is 0 Å². The molecule has 2 aromatic carbocycles. The smallest absolute Gasteiger partial charge is 0.335 e. The lowest BCUT2D eigenvalue weighted by molar-refractivity contribution is 0.0686. The minimum Gasteiger partial charge on any atom is -0.478 e. The Hall–Kier alpha value is -2.64. The molecule has 4 aromatic rings. The Balaban J connectivity index is 0.000000171. The molecule has 6 nitrogen and oxygen atoms in total. The summed E-state index contributed by atoms with van der Waals surface area (Å²) in [5.74, 6) is -1.97. The molecule has 2 heterocycles. The van der Waals surface area contributed by atoms with Crippen molar-refractivity contribution in [3.63, 3.8) is 0 Å². The molecule has 0 amide bonds. The highest BCUT2D eigenvalue weighted by Crippen LogP contribution is 2.26. The van der Waals surface area contributed by atoms with Crippen LogP contribution in [0.15, 0.2) is 48.5 Å². The molecule has 0 saturated heterocycles. The molecule has 0 aliphatic rings. The highest BCUT2D eigenvalue weighted by atomic mass is 35.5. The van der Waals surface area contributed by atoms with Gasteiger partial charge in [0.25, 0.3) is 0 Å². The number of benzene rings is 2. The number of carboxylic acid groups (broad SMARTS) is 2. The van der Waals surface area contributed by atoms with Crippen LogP contribution in [0.4, 0.5) is 0 Å². The molecule has 0 atom stereocenters. The van der Waals surface area contributed by atoms with E-state index < -0.39 is 11.9 Å². The summed E-state index contributed by atoms with van der Waals surface area (Å²) in [6.45, 7) is 0. The molecule has 2 aromatic heterocycles. The van der Waals surface area contributed by atoms with Crippen molar-refractivity contribution in [1.82, 2.24) is 9.97 Å². The van der Waals surface area contributed by atoms with E-state index in [1.54, 1.807) is 24.3 Å². The van der Waals surface area contributed by atoms with Gasteiger partial charge in [0.1, 0.15) is 20.6 Å². The number of rotatable bonds is 2. The van der Waals surface area contributed by atoms with Crippen molar-refractivity contribution in [2.75, 3.05) is 0 Å². The van der Waals surface area contributed by atoms with Gasteiger partial charge in [0.15, 0.2) is 0 Å². The third kappa shape index (κ3) is 4.91. The van der Waals surface area contributed by atoms with Crippen LogP contribution >= 0.6 is 46.4 Å². The Morgan fingerprint density at radius 1 is 0.633 bits per heavy atom. The second kappa shape index (κ2) is 9.02. The van der Waals surface area contributed by atoms with E-state index in [0.29, 0.717) is 21.5 Å². The van der Waals surface area contributed by atoms with Crippen molar-refractivity contribution in [2.45, 2.75) is 0 Å². The van der Waals surface area contributed by atoms with Gasteiger partial charge in [0.05, 0.1) is 11.1 Å². The van der Waals surface area contributed by atoms with Gasteiger partial charge in [-0.3, -0.25) is 0 Å². The molecular formula is C20H10Cl4N2O4. The average molecular weight is 484 g/mol. The van der Waals surface area contributed by atoms with Crippen molar-refractivity contribution in [3.8, 4) is 0 Å². The van der Waals surface area contributed by atoms with Gasteiger partial charge in [0.2, 0.25) is 0 Å². The van der Waals surface area contributed by atoms with Crippen molar-refractivity contribution in [1.29, 1.82) is 0 Å². The van der Waals surface area contributed by atoms with Gasteiger partial charge in [-0.2, -0.15) is 0 Å². The quantitative estimate of drug-likeness (QED) is 0.316. The second-order valence-electron chi connectivity index (χ2n) is 5.95. The minimum absolute atomic E-state index is 0.195. The maximum Gasteiger partial charge on any atom is 0.335 e. The number of carboxylic acids is 2. The molecule has 2 N–H and O–H groups in total. The molecule has 0 unspecified atom stereocenters. The SMILES string of the molecule is O=C(O)c1ccc2c(Cl)nc(Cl)cc2c1.O=C(O)c1ccc2c(Cl)nc(Cl)cc2c1. The first-order chi connectivity index (χ1) is 14.2. The molecule has 0 spiro atoms. The first-order valence-corrected chi connectivity index (χ1v) is 9.65. The molecule has 30 heavy (non-hydrogen) atoms. The van der Waals surface area contributed by atoms with Gasteiger partial charge in [-0.15, -0.1) is 0 Å². The zero-order chi connectivity index (χ0) is 22.0. The van der Waals surface area contributed by atoms with Gasteiger partial charge in [-0.25, -0.2) is 19.6 Å². The maximum atomic E-state index is 10.7. The lowest BCUT2D eigenvalue weighted by Gasteiger charge is -2.02. The number of hydrogen-bond donors (Lipinski definition) is 2. The zero-order valence-electron chi connectivity index (χ0n) is 14.7. The normalized spacial score (nSPS) is 10.5. The lowest BCUT2D eigenvalue weighted by atomic mass is 10.1. The van der Waals surface area contributed by atoms with Crippen LogP contribution in [-0.2, 0) is 0 Å². The Kier molecular flexibility index (Phi) is 6.63. The van der Waals surface area contributed by atoms with E-state index in [9.17, 15) is 9.59 Å². The zero-order valence-corrected chi connectivity index (χ0v) is 17.8. The monoisotopic (exact) mass is 482 g/mol. The number of aromatic nitrogens is 2. The standard InChI is InChI=1S/2C10H5Cl2NO2/c2*11-8-4-6-3-5(10(14)15)1-2-7(6)9(12)13-8/h2*1-4H,(H,14,15). The highest BCUT2D eigenvalue weighted by molar-refractivity contribution is 6.37. The minimum atomic E-state index is -0.985. The van der Waals surface area contributed by atoms with E-state index >= 15 is 0 Å². The number of fused-ring (bicyclic) bond motifs is 2. The number of pyridine rings is 2. The van der Waals surface area contributed by atoms with Gasteiger partial charge in [-0.1, -0.05) is 58.5 Å². The Bertz CT molecular complexity index is 1210. The van der Waals surface area contributed by atoms with Crippen LogP contribution in [0.5, 0.6) is 0 Å². The van der Waals surface area contributed by atoms with Crippen LogP contribution < -0.4 is 0 Å². The summed E-state index contributed by atoms with van der Waals surface area (Å²) in [4.78, 5) is 29.2. The molecule has 10 heteroatoms. The highest BCUT2D eigenvalue weighted by Gasteiger charge is 2.08. The van der Waals surface area contributed by atoms with Crippen LogP contribution in [0, 0.1) is 0 Å². The number of hydrogen-bond acceptors (Lipinski definition) is 4. The lowest BCUT2D eigenvalue weighted by Crippen LogP contribution is -1.95. The van der Waals surface area contributed by atoms with Gasteiger partial charge >= 0.3 is 11.9 Å². The summed E-state index contributed by atoms with van der Waals surface area (Å²) in [5.41, 5.74) is 0.390. The van der Waals surface area contributed by atoms with Gasteiger partial charge in [0, 0.05) is 10.8 Å². The van der Waals surface area contributed by atoms with Gasteiger partial charge in [-0.05, 0) is 47.2 Å². The van der Waals surface area contributed by atoms with Crippen LogP contribution in [0.25, 0.3) is 21.5 Å². The Morgan fingerprint density at radius 3 is 1.33 bits per heavy atom. The van der Waals surface area contributed by atoms with Crippen molar-refractivity contribution in [3.05, 3.63) is 80.3 Å². The van der Waals surface area contributed by atoms with Crippen molar-refractivity contribution < 1.29 is 19.8 Å². The molecule has 0 radical (unpaired) electrons. The summed E-state index contributed by atoms with van der Waals surface area (Å²) in [6.07, 6.45) is 0. The summed E-state index contributed by atoms with van der Waals surface area (Å²) in [6, 6.07) is 12.4. The molecule has 4 rings (SSSR count). The first-order valence-electron chi connectivity index (χ1n) is 8.14. The second-order valence-corrected chi connectivity index (χ2v) is 7.44. The fourth-order valence-corrected chi connectivity index (χ4v) is 3.65. The van der Waals surface area contributed by atoms with Crippen molar-refractivity contribution in [2.24, 2.45) is 0 Å². The topological polar surface area (TPSA) is 100 Å². The molecule has 0 bridgehead atoms. The van der Waals surface area contributed by atoms with Crippen LogP contribution in [0.3, 0.4) is 0 Å². The number of carbonyl (C=O) groups is 2. The Morgan fingerprint density at radius 2 is 1.00 bits per heavy atom. The van der Waals surface area contributed by atoms with E-state index in [-0.39, 0.29) is 31.7 Å². The fraction of sp³-hybridized carbons (Fsp3) is 0. The van der Waals surface area contributed by atoms with E-state index in [2.05, 4.69) is 9.97 Å². The molecule has 0 aliphatic carbocycles. The van der Waals surface area contributed by atoms with E-state index in [4.69, 9.17) is 56.6 Å². The maximum absolute atomic E-state index is 10.7. The van der Waals surface area contributed by atoms with E-state index in [1.165, 1.54) is 24.3 Å². The van der Waals surface area contributed by atoms with Crippen LogP contribution in [0.2, 0.25) is 20.6 Å². The first kappa shape index (κ1) is 22.1. The van der Waals surface area contributed by atoms with Crippen LogP contribution in [0.1, 0.15) is 20.7 Å². The van der Waals surface area contributed by atoms with Gasteiger partial charge < -0.3 is 10.2 Å². The number of nitrogens with zero attached hydrogens (tertiary/aromatic N) is 2. The molecule has 0 saturated carbocycles. The summed E-state index contributed by atoms with van der Waals surface area (Å²) < 4.78 is 0. The predicted molar refractivity (Wildman–Crippen MR) is 117 cm³/mol.